The Morgan fingerprint density at radius 3 is 2.42 bits per heavy atom. The Labute approximate surface area is 82.8 Å². The van der Waals surface area contributed by atoms with E-state index in [0.717, 1.165) is 14.4 Å². The molecule has 0 heterocycles. The summed E-state index contributed by atoms with van der Waals surface area (Å²) in [5, 5.41) is 0. The fourth-order valence-corrected chi connectivity index (χ4v) is 7.23. The van der Waals surface area contributed by atoms with E-state index in [1.165, 1.54) is 0 Å². The Morgan fingerprint density at radius 2 is 2.17 bits per heavy atom. The average molecular weight is 242 g/mol. The summed E-state index contributed by atoms with van der Waals surface area (Å²) in [6, 6.07) is 0. The van der Waals surface area contributed by atoms with Crippen molar-refractivity contribution in [2.24, 2.45) is 5.92 Å². The Balaban J connectivity index is 4.32. The molecule has 0 fully saturated rings. The molecule has 12 heavy (non-hydrogen) atoms. The zero-order valence-electron chi connectivity index (χ0n) is 7.87. The molecular weight excluding hydrogens is 224 g/mol. The monoisotopic (exact) mass is 242 g/mol. The average Bonchev–Trinajstić information content (AvgIpc) is 2.03. The van der Waals surface area contributed by atoms with Crippen molar-refractivity contribution >= 4 is 38.9 Å². The third-order valence-corrected chi connectivity index (χ3v) is 13.2. The van der Waals surface area contributed by atoms with Crippen LogP contribution in [0.25, 0.3) is 0 Å². The van der Waals surface area contributed by atoms with Gasteiger partial charge in [-0.05, 0) is 12.8 Å². The van der Waals surface area contributed by atoms with Crippen LogP contribution < -0.4 is 0 Å². The maximum Gasteiger partial charge on any atom is 0.138 e. The van der Waals surface area contributed by atoms with E-state index < -0.39 is 0 Å². The van der Waals surface area contributed by atoms with Gasteiger partial charge in [-0.3, -0.25) is 4.79 Å². The molecule has 0 aromatic rings. The molecule has 5 heteroatoms. The lowest BCUT2D eigenvalue weighted by Crippen LogP contribution is -2.21. The number of rotatable bonds is 5. The summed E-state index contributed by atoms with van der Waals surface area (Å²) >= 11 is 0. The van der Waals surface area contributed by atoms with Crippen LogP contribution in [0.1, 0.15) is 27.2 Å². The number of hydrogen-bond donors (Lipinski definition) is 0. The van der Waals surface area contributed by atoms with Crippen LogP contribution >= 0.6 is 33.1 Å². The van der Waals surface area contributed by atoms with E-state index >= 15 is 0 Å². The summed E-state index contributed by atoms with van der Waals surface area (Å²) in [5.74, 6) is 0.902. The Bertz CT molecular complexity index is 140. The van der Waals surface area contributed by atoms with Gasteiger partial charge in [0.1, 0.15) is 5.78 Å². The van der Waals surface area contributed by atoms with Crippen LogP contribution in [0.3, 0.4) is 0 Å². The first-order valence-corrected chi connectivity index (χ1v) is 10.7. The van der Waals surface area contributed by atoms with Crippen molar-refractivity contribution in [2.45, 2.75) is 32.9 Å². The quantitative estimate of drug-likeness (QED) is 0.672. The molecule has 0 aliphatic rings. The third-order valence-electron chi connectivity index (χ3n) is 2.05. The van der Waals surface area contributed by atoms with E-state index in [1.54, 1.807) is 6.92 Å². The molecule has 0 rings (SSSR count). The summed E-state index contributed by atoms with van der Waals surface area (Å²) in [5.41, 5.74) is 0.297. The van der Waals surface area contributed by atoms with Crippen molar-refractivity contribution in [3.63, 3.8) is 0 Å². The summed E-state index contributed by atoms with van der Waals surface area (Å²) in [4.78, 5) is 11.3. The molecule has 0 aromatic heterocycles. The molecular formula is C7H18OP4. The molecule has 4 unspecified atom stereocenters. The highest BCUT2D eigenvalue weighted by Crippen LogP contribution is 2.70. The number of ketones is 1. The minimum Gasteiger partial charge on any atom is -0.299 e. The van der Waals surface area contributed by atoms with Crippen LogP contribution in [-0.2, 0) is 4.79 Å². The molecule has 0 saturated heterocycles. The van der Waals surface area contributed by atoms with Gasteiger partial charge in [0.15, 0.2) is 0 Å². The van der Waals surface area contributed by atoms with Crippen LogP contribution in [0.2, 0.25) is 0 Å². The maximum atomic E-state index is 11.3. The van der Waals surface area contributed by atoms with E-state index in [1.807, 2.05) is 0 Å². The van der Waals surface area contributed by atoms with E-state index in [0.29, 0.717) is 17.4 Å². The van der Waals surface area contributed by atoms with Gasteiger partial charge in [-0.1, -0.05) is 35.5 Å². The van der Waals surface area contributed by atoms with Crippen molar-refractivity contribution in [3.05, 3.63) is 0 Å². The number of carbonyl (C=O) groups excluding carboxylic acids is 1. The predicted molar refractivity (Wildman–Crippen MR) is 68.6 cm³/mol. The predicted octanol–water partition coefficient (Wildman–Crippen LogP) is 3.65. The van der Waals surface area contributed by atoms with Crippen LogP contribution in [0.15, 0.2) is 0 Å². The topological polar surface area (TPSA) is 17.1 Å². The smallest absolute Gasteiger partial charge is 0.138 e. The first kappa shape index (κ1) is 13.4. The Kier molecular flexibility index (Phi) is 7.57. The normalized spacial score (nSPS) is 19.4. The zero-order chi connectivity index (χ0) is 9.72. The Morgan fingerprint density at radius 1 is 1.67 bits per heavy atom. The second kappa shape index (κ2) is 6.79. The molecule has 0 aliphatic heterocycles. The maximum absolute atomic E-state index is 11.3. The van der Waals surface area contributed by atoms with Gasteiger partial charge < -0.3 is 0 Å². The minimum atomic E-state index is -0.169. The molecule has 0 N–H and O–H groups in total. The van der Waals surface area contributed by atoms with Gasteiger partial charge in [-0.2, -0.15) is 0 Å². The van der Waals surface area contributed by atoms with Crippen LogP contribution in [0.5, 0.6) is 0 Å². The highest BCUT2D eigenvalue weighted by molar-refractivity contribution is 8.61. The number of hydrogen-bond acceptors (Lipinski definition) is 1. The molecule has 6 atom stereocenters. The third kappa shape index (κ3) is 4.07. The van der Waals surface area contributed by atoms with Crippen molar-refractivity contribution < 1.29 is 4.79 Å². The summed E-state index contributed by atoms with van der Waals surface area (Å²) in [6.45, 7) is 6.05. The van der Waals surface area contributed by atoms with Crippen LogP contribution in [0, 0.1) is 5.92 Å². The Hall–Kier alpha value is 1.39. The van der Waals surface area contributed by atoms with Crippen molar-refractivity contribution in [1.82, 2.24) is 0 Å². The molecule has 1 nitrogen and oxygen atoms in total. The number of Topliss-reactive ketones (excluding diaryl/α,β-unsaturated/α-hetero) is 1. The van der Waals surface area contributed by atoms with E-state index in [9.17, 15) is 4.79 Å². The SMILES string of the molecule is CC[C@H](C)[C@@H](C(C)=O)P(P)PP. The minimum absolute atomic E-state index is 0.169. The van der Waals surface area contributed by atoms with Gasteiger partial charge in [-0.25, -0.2) is 0 Å². The highest BCUT2D eigenvalue weighted by atomic mass is 32.6. The fourth-order valence-electron chi connectivity index (χ4n) is 1.17. The van der Waals surface area contributed by atoms with Gasteiger partial charge in [-0.15, -0.1) is 17.9 Å². The molecule has 0 aromatic carbocycles. The lowest BCUT2D eigenvalue weighted by molar-refractivity contribution is -0.117. The molecule has 0 saturated carbocycles. The van der Waals surface area contributed by atoms with Gasteiger partial charge >= 0.3 is 0 Å². The summed E-state index contributed by atoms with van der Waals surface area (Å²) in [6.07, 6.45) is 1.10. The lowest BCUT2D eigenvalue weighted by atomic mass is 10.0. The molecule has 0 amide bonds. The van der Waals surface area contributed by atoms with Gasteiger partial charge in [0.25, 0.3) is 0 Å². The molecule has 0 aliphatic carbocycles. The zero-order valence-corrected chi connectivity index (χ0v) is 12.1. The van der Waals surface area contributed by atoms with Gasteiger partial charge in [0.05, 0.1) is 0 Å². The first-order chi connectivity index (χ1) is 5.54. The van der Waals surface area contributed by atoms with Crippen molar-refractivity contribution in [2.75, 3.05) is 0 Å². The van der Waals surface area contributed by atoms with Crippen LogP contribution in [-0.4, -0.2) is 11.4 Å². The van der Waals surface area contributed by atoms with Gasteiger partial charge in [0, 0.05) is 5.66 Å². The molecule has 0 bridgehead atoms. The van der Waals surface area contributed by atoms with E-state index in [-0.39, 0.29) is 7.30 Å². The second-order valence-corrected chi connectivity index (χ2v) is 12.5. The lowest BCUT2D eigenvalue weighted by Gasteiger charge is -2.25. The first-order valence-electron chi connectivity index (χ1n) is 4.05. The van der Waals surface area contributed by atoms with Crippen molar-refractivity contribution in [1.29, 1.82) is 0 Å². The summed E-state index contributed by atoms with van der Waals surface area (Å²) in [7, 11) is 6.26. The van der Waals surface area contributed by atoms with E-state index in [2.05, 4.69) is 31.7 Å². The van der Waals surface area contributed by atoms with Crippen LogP contribution in [0.4, 0.5) is 0 Å². The molecule has 0 spiro atoms. The molecule has 0 radical (unpaired) electrons. The summed E-state index contributed by atoms with van der Waals surface area (Å²) < 4.78 is 0. The van der Waals surface area contributed by atoms with Crippen molar-refractivity contribution in [3.8, 4) is 0 Å². The standard InChI is InChI=1S/C7H18OP4/c1-4-5(2)7(6(3)8)12(10)11-9/h5,7,11H,4,9-10H2,1-3H3/t5-,7-,12?/m0/s1. The number of carbonyl (C=O) groups is 1. The van der Waals surface area contributed by atoms with Gasteiger partial charge in [0.2, 0.25) is 0 Å². The molecule has 72 valence electrons. The van der Waals surface area contributed by atoms with E-state index in [4.69, 9.17) is 0 Å². The highest BCUT2D eigenvalue weighted by Gasteiger charge is 2.25. The second-order valence-electron chi connectivity index (χ2n) is 2.98. The fraction of sp³-hybridized carbons (Fsp3) is 0.857. The largest absolute Gasteiger partial charge is 0.299 e.